The molecule has 0 bridgehead atoms. The normalized spacial score (nSPS) is 21.1. The van der Waals surface area contributed by atoms with Crippen LogP contribution >= 0.6 is 11.3 Å². The van der Waals surface area contributed by atoms with E-state index in [1.165, 1.54) is 34.9 Å². The second-order valence-corrected chi connectivity index (χ2v) is 6.51. The standard InChI is InChI=1S/C17H23NOS/c1-18-16(9-8-14-6-2-3-11-19-14)15-7-4-5-13-10-12-20-17(13)15/h4-5,7,10,12,14,16,18H,2-3,6,8-9,11H2,1H3. The van der Waals surface area contributed by atoms with Gasteiger partial charge in [0.15, 0.2) is 0 Å². The zero-order chi connectivity index (χ0) is 13.8. The van der Waals surface area contributed by atoms with E-state index in [0.717, 1.165) is 19.4 Å². The summed E-state index contributed by atoms with van der Waals surface area (Å²) in [6.45, 7) is 0.954. The number of thiophene rings is 1. The highest BCUT2D eigenvalue weighted by molar-refractivity contribution is 7.17. The summed E-state index contributed by atoms with van der Waals surface area (Å²) >= 11 is 1.85. The Hall–Kier alpha value is -0.900. The first kappa shape index (κ1) is 14.1. The van der Waals surface area contributed by atoms with Crippen LogP contribution in [0.15, 0.2) is 29.6 Å². The van der Waals surface area contributed by atoms with Gasteiger partial charge in [-0.15, -0.1) is 11.3 Å². The molecule has 3 heteroatoms. The van der Waals surface area contributed by atoms with Crippen LogP contribution in [0.5, 0.6) is 0 Å². The fourth-order valence-electron chi connectivity index (χ4n) is 3.13. The molecule has 1 fully saturated rings. The van der Waals surface area contributed by atoms with Crippen LogP contribution < -0.4 is 5.32 Å². The number of rotatable bonds is 5. The molecule has 0 amide bonds. The van der Waals surface area contributed by atoms with Crippen molar-refractivity contribution >= 4 is 21.4 Å². The fourth-order valence-corrected chi connectivity index (χ4v) is 4.10. The molecule has 1 aromatic carbocycles. The van der Waals surface area contributed by atoms with Gasteiger partial charge in [-0.2, -0.15) is 0 Å². The van der Waals surface area contributed by atoms with Gasteiger partial charge in [-0.05, 0) is 61.5 Å². The predicted molar refractivity (Wildman–Crippen MR) is 86.5 cm³/mol. The third-order valence-corrected chi connectivity index (χ3v) is 5.26. The second-order valence-electron chi connectivity index (χ2n) is 5.59. The molecule has 0 radical (unpaired) electrons. The minimum absolute atomic E-state index is 0.433. The second kappa shape index (κ2) is 6.70. The molecule has 2 unspecified atom stereocenters. The summed E-state index contributed by atoms with van der Waals surface area (Å²) in [4.78, 5) is 0. The third kappa shape index (κ3) is 3.05. The minimum Gasteiger partial charge on any atom is -0.378 e. The van der Waals surface area contributed by atoms with Crippen LogP contribution in [0.4, 0.5) is 0 Å². The molecule has 1 saturated heterocycles. The van der Waals surface area contributed by atoms with Crippen LogP contribution in [0.25, 0.3) is 10.1 Å². The summed E-state index contributed by atoms with van der Waals surface area (Å²) in [5.74, 6) is 0. The molecule has 3 rings (SSSR count). The van der Waals surface area contributed by atoms with Crippen molar-refractivity contribution < 1.29 is 4.74 Å². The summed E-state index contributed by atoms with van der Waals surface area (Å²) in [5, 5.41) is 7.04. The van der Waals surface area contributed by atoms with E-state index in [1.54, 1.807) is 0 Å². The minimum atomic E-state index is 0.433. The first-order chi connectivity index (χ1) is 9.88. The van der Waals surface area contributed by atoms with E-state index in [9.17, 15) is 0 Å². The van der Waals surface area contributed by atoms with Crippen molar-refractivity contribution in [3.63, 3.8) is 0 Å². The lowest BCUT2D eigenvalue weighted by atomic mass is 9.97. The van der Waals surface area contributed by atoms with Crippen molar-refractivity contribution in [2.75, 3.05) is 13.7 Å². The van der Waals surface area contributed by atoms with Crippen LogP contribution in [-0.2, 0) is 4.74 Å². The van der Waals surface area contributed by atoms with E-state index in [0.29, 0.717) is 12.1 Å². The van der Waals surface area contributed by atoms with Crippen molar-refractivity contribution in [1.82, 2.24) is 5.32 Å². The zero-order valence-corrected chi connectivity index (χ0v) is 12.9. The molecule has 20 heavy (non-hydrogen) atoms. The van der Waals surface area contributed by atoms with Crippen LogP contribution in [0, 0.1) is 0 Å². The van der Waals surface area contributed by atoms with Crippen molar-refractivity contribution in [3.8, 4) is 0 Å². The molecule has 1 aliphatic heterocycles. The van der Waals surface area contributed by atoms with Gasteiger partial charge in [0.05, 0.1) is 6.10 Å². The topological polar surface area (TPSA) is 21.3 Å². The highest BCUT2D eigenvalue weighted by atomic mass is 32.1. The Balaban J connectivity index is 1.70. The summed E-state index contributed by atoms with van der Waals surface area (Å²) in [6, 6.07) is 9.28. The molecule has 2 nitrogen and oxygen atoms in total. The Kier molecular flexibility index (Phi) is 4.71. The van der Waals surface area contributed by atoms with Gasteiger partial charge in [0.1, 0.15) is 0 Å². The smallest absolute Gasteiger partial charge is 0.0575 e. The first-order valence-corrected chi connectivity index (χ1v) is 8.51. The van der Waals surface area contributed by atoms with Crippen molar-refractivity contribution in [2.24, 2.45) is 0 Å². The molecule has 2 atom stereocenters. The maximum atomic E-state index is 5.86. The summed E-state index contributed by atoms with van der Waals surface area (Å²) in [6.07, 6.45) is 6.59. The lowest BCUT2D eigenvalue weighted by molar-refractivity contribution is 0.00868. The molecule has 1 aliphatic rings. The van der Waals surface area contributed by atoms with Crippen molar-refractivity contribution in [1.29, 1.82) is 0 Å². The zero-order valence-electron chi connectivity index (χ0n) is 12.1. The summed E-state index contributed by atoms with van der Waals surface area (Å²) in [5.41, 5.74) is 1.44. The number of fused-ring (bicyclic) bond motifs is 1. The van der Waals surface area contributed by atoms with Crippen LogP contribution in [0.2, 0.25) is 0 Å². The average Bonchev–Trinajstić information content (AvgIpc) is 2.98. The molecule has 1 aromatic heterocycles. The first-order valence-electron chi connectivity index (χ1n) is 7.63. The van der Waals surface area contributed by atoms with Gasteiger partial charge >= 0.3 is 0 Å². The largest absolute Gasteiger partial charge is 0.378 e. The van der Waals surface area contributed by atoms with Gasteiger partial charge in [0.25, 0.3) is 0 Å². The van der Waals surface area contributed by atoms with Gasteiger partial charge in [-0.1, -0.05) is 18.2 Å². The van der Waals surface area contributed by atoms with E-state index in [-0.39, 0.29) is 0 Å². The molecular formula is C17H23NOS. The Morgan fingerprint density at radius 3 is 3.10 bits per heavy atom. The van der Waals surface area contributed by atoms with Crippen molar-refractivity contribution in [2.45, 2.75) is 44.2 Å². The van der Waals surface area contributed by atoms with Crippen LogP contribution in [0.3, 0.4) is 0 Å². The highest BCUT2D eigenvalue weighted by Gasteiger charge is 2.18. The Morgan fingerprint density at radius 1 is 1.35 bits per heavy atom. The van der Waals surface area contributed by atoms with E-state index in [4.69, 9.17) is 4.74 Å². The van der Waals surface area contributed by atoms with Crippen LogP contribution in [0.1, 0.15) is 43.7 Å². The third-order valence-electron chi connectivity index (χ3n) is 4.28. The van der Waals surface area contributed by atoms with E-state index in [1.807, 2.05) is 11.3 Å². The maximum Gasteiger partial charge on any atom is 0.0575 e. The van der Waals surface area contributed by atoms with Crippen molar-refractivity contribution in [3.05, 3.63) is 35.2 Å². The number of hydrogen-bond acceptors (Lipinski definition) is 3. The quantitative estimate of drug-likeness (QED) is 0.874. The SMILES string of the molecule is CNC(CCC1CCCCO1)c1cccc2ccsc12. The van der Waals surface area contributed by atoms with Gasteiger partial charge in [-0.25, -0.2) is 0 Å². The summed E-state index contributed by atoms with van der Waals surface area (Å²) in [7, 11) is 2.07. The number of benzene rings is 1. The lowest BCUT2D eigenvalue weighted by Crippen LogP contribution is -2.23. The molecule has 2 aromatic rings. The Morgan fingerprint density at radius 2 is 2.30 bits per heavy atom. The number of hydrogen-bond donors (Lipinski definition) is 1. The lowest BCUT2D eigenvalue weighted by Gasteiger charge is -2.25. The Labute approximate surface area is 125 Å². The molecule has 108 valence electrons. The highest BCUT2D eigenvalue weighted by Crippen LogP contribution is 2.32. The van der Waals surface area contributed by atoms with E-state index < -0.39 is 0 Å². The number of ether oxygens (including phenoxy) is 1. The summed E-state index contributed by atoms with van der Waals surface area (Å²) < 4.78 is 7.28. The molecular weight excluding hydrogens is 266 g/mol. The fraction of sp³-hybridized carbons (Fsp3) is 0.529. The molecule has 1 N–H and O–H groups in total. The molecule has 0 saturated carbocycles. The van der Waals surface area contributed by atoms with Crippen LogP contribution in [-0.4, -0.2) is 19.8 Å². The van der Waals surface area contributed by atoms with E-state index in [2.05, 4.69) is 42.0 Å². The molecule has 2 heterocycles. The monoisotopic (exact) mass is 289 g/mol. The van der Waals surface area contributed by atoms with Gasteiger partial charge < -0.3 is 10.1 Å². The van der Waals surface area contributed by atoms with Gasteiger partial charge in [-0.3, -0.25) is 0 Å². The van der Waals surface area contributed by atoms with E-state index >= 15 is 0 Å². The Bertz CT molecular complexity index is 545. The molecule has 0 spiro atoms. The predicted octanol–water partition coefficient (Wildman–Crippen LogP) is 4.51. The maximum absolute atomic E-state index is 5.86. The number of nitrogens with one attached hydrogen (secondary N) is 1. The van der Waals surface area contributed by atoms with Gasteiger partial charge in [0.2, 0.25) is 0 Å². The van der Waals surface area contributed by atoms with Gasteiger partial charge in [0, 0.05) is 17.3 Å². The average molecular weight is 289 g/mol. The molecule has 0 aliphatic carbocycles.